The molecule has 1 aliphatic carbocycles. The summed E-state index contributed by atoms with van der Waals surface area (Å²) in [7, 11) is 0. The Labute approximate surface area is 120 Å². The standard InChI is InChI=1S/C17H34N2/c1-4-16-13-18-17(10-6-7-11-17)14-19(16)12-8-5-9-15(2)3/h15-16,18H,4-14H2,1-3H3. The van der Waals surface area contributed by atoms with Gasteiger partial charge in [0.2, 0.25) is 0 Å². The topological polar surface area (TPSA) is 15.3 Å². The third-order valence-corrected chi connectivity index (χ3v) is 5.24. The fraction of sp³-hybridized carbons (Fsp3) is 1.00. The van der Waals surface area contributed by atoms with Gasteiger partial charge >= 0.3 is 0 Å². The number of nitrogens with zero attached hydrogens (tertiary/aromatic N) is 1. The molecule has 2 rings (SSSR count). The average molecular weight is 266 g/mol. The van der Waals surface area contributed by atoms with Crippen molar-refractivity contribution in [2.45, 2.75) is 83.7 Å². The van der Waals surface area contributed by atoms with Gasteiger partial charge in [-0.1, -0.05) is 46.5 Å². The van der Waals surface area contributed by atoms with E-state index in [0.29, 0.717) is 5.54 Å². The second kappa shape index (κ2) is 7.08. The lowest BCUT2D eigenvalue weighted by Gasteiger charge is -2.46. The molecule has 2 heteroatoms. The van der Waals surface area contributed by atoms with E-state index >= 15 is 0 Å². The minimum absolute atomic E-state index is 0.490. The summed E-state index contributed by atoms with van der Waals surface area (Å²) in [4.78, 5) is 2.81. The van der Waals surface area contributed by atoms with E-state index in [2.05, 4.69) is 31.0 Å². The van der Waals surface area contributed by atoms with Crippen LogP contribution in [0.25, 0.3) is 0 Å². The second-order valence-electron chi connectivity index (χ2n) is 7.29. The quantitative estimate of drug-likeness (QED) is 0.736. The molecule has 0 bridgehead atoms. The first kappa shape index (κ1) is 15.3. The van der Waals surface area contributed by atoms with Crippen LogP contribution in [0.4, 0.5) is 0 Å². The zero-order valence-corrected chi connectivity index (χ0v) is 13.4. The van der Waals surface area contributed by atoms with Gasteiger partial charge in [-0.25, -0.2) is 0 Å². The van der Waals surface area contributed by atoms with Crippen LogP contribution in [0.3, 0.4) is 0 Å². The Balaban J connectivity index is 1.80. The minimum Gasteiger partial charge on any atom is -0.308 e. The molecule has 0 aromatic rings. The van der Waals surface area contributed by atoms with Crippen molar-refractivity contribution in [2.75, 3.05) is 19.6 Å². The van der Waals surface area contributed by atoms with Crippen molar-refractivity contribution in [3.05, 3.63) is 0 Å². The van der Waals surface area contributed by atoms with Gasteiger partial charge in [0.25, 0.3) is 0 Å². The van der Waals surface area contributed by atoms with Crippen molar-refractivity contribution in [1.82, 2.24) is 10.2 Å². The van der Waals surface area contributed by atoms with Crippen molar-refractivity contribution in [3.8, 4) is 0 Å². The molecule has 0 radical (unpaired) electrons. The van der Waals surface area contributed by atoms with Crippen LogP contribution in [0.2, 0.25) is 0 Å². The van der Waals surface area contributed by atoms with E-state index in [1.807, 2.05) is 0 Å². The van der Waals surface area contributed by atoms with Gasteiger partial charge in [0.1, 0.15) is 0 Å². The van der Waals surface area contributed by atoms with Gasteiger partial charge in [-0.3, -0.25) is 4.90 Å². The summed E-state index contributed by atoms with van der Waals surface area (Å²) in [5.41, 5.74) is 0.490. The third kappa shape index (κ3) is 4.19. The van der Waals surface area contributed by atoms with Gasteiger partial charge in [-0.2, -0.15) is 0 Å². The fourth-order valence-corrected chi connectivity index (χ4v) is 3.96. The summed E-state index contributed by atoms with van der Waals surface area (Å²) in [6.07, 6.45) is 11.2. The number of rotatable bonds is 6. The summed E-state index contributed by atoms with van der Waals surface area (Å²) >= 11 is 0. The normalized spacial score (nSPS) is 27.5. The van der Waals surface area contributed by atoms with Crippen molar-refractivity contribution in [3.63, 3.8) is 0 Å². The highest BCUT2D eigenvalue weighted by Crippen LogP contribution is 2.33. The maximum absolute atomic E-state index is 3.89. The molecule has 1 heterocycles. The van der Waals surface area contributed by atoms with Gasteiger partial charge in [-0.15, -0.1) is 0 Å². The molecule has 1 atom stereocenters. The lowest BCUT2D eigenvalue weighted by Crippen LogP contribution is -2.63. The van der Waals surface area contributed by atoms with Gasteiger partial charge < -0.3 is 5.32 Å². The molecule has 1 saturated carbocycles. The van der Waals surface area contributed by atoms with Crippen LogP contribution in [-0.4, -0.2) is 36.1 Å². The van der Waals surface area contributed by atoms with E-state index in [0.717, 1.165) is 12.0 Å². The van der Waals surface area contributed by atoms with Crippen molar-refractivity contribution < 1.29 is 0 Å². The Morgan fingerprint density at radius 3 is 2.58 bits per heavy atom. The van der Waals surface area contributed by atoms with Gasteiger partial charge in [0.15, 0.2) is 0 Å². The molecular formula is C17H34N2. The maximum Gasteiger partial charge on any atom is 0.0309 e. The van der Waals surface area contributed by atoms with Crippen LogP contribution in [0.1, 0.15) is 72.1 Å². The van der Waals surface area contributed by atoms with Crippen LogP contribution in [0, 0.1) is 5.92 Å². The van der Waals surface area contributed by atoms with E-state index < -0.39 is 0 Å². The Morgan fingerprint density at radius 2 is 1.95 bits per heavy atom. The first-order valence-corrected chi connectivity index (χ1v) is 8.64. The summed E-state index contributed by atoms with van der Waals surface area (Å²) < 4.78 is 0. The summed E-state index contributed by atoms with van der Waals surface area (Å²) in [6, 6.07) is 0.783. The van der Waals surface area contributed by atoms with Crippen LogP contribution in [-0.2, 0) is 0 Å². The SMILES string of the molecule is CCC1CNC2(CCCC2)CN1CCCCC(C)C. The monoisotopic (exact) mass is 266 g/mol. The molecule has 2 nitrogen and oxygen atoms in total. The Kier molecular flexibility index (Phi) is 5.70. The smallest absolute Gasteiger partial charge is 0.0309 e. The van der Waals surface area contributed by atoms with Crippen molar-refractivity contribution in [2.24, 2.45) is 5.92 Å². The Morgan fingerprint density at radius 1 is 1.21 bits per heavy atom. The summed E-state index contributed by atoms with van der Waals surface area (Å²) in [5.74, 6) is 0.867. The predicted molar refractivity (Wildman–Crippen MR) is 83.5 cm³/mol. The number of unbranched alkanes of at least 4 members (excludes halogenated alkanes) is 1. The lowest BCUT2D eigenvalue weighted by atomic mass is 9.91. The number of hydrogen-bond donors (Lipinski definition) is 1. The van der Waals surface area contributed by atoms with Crippen molar-refractivity contribution in [1.29, 1.82) is 0 Å². The summed E-state index contributed by atoms with van der Waals surface area (Å²) in [6.45, 7) is 10.9. The Bertz CT molecular complexity index is 256. The largest absolute Gasteiger partial charge is 0.308 e. The summed E-state index contributed by atoms with van der Waals surface area (Å²) in [5, 5.41) is 3.89. The van der Waals surface area contributed by atoms with E-state index in [4.69, 9.17) is 0 Å². The highest BCUT2D eigenvalue weighted by molar-refractivity contribution is 5.00. The van der Waals surface area contributed by atoms with E-state index in [1.54, 1.807) is 0 Å². The van der Waals surface area contributed by atoms with Crippen LogP contribution in [0.5, 0.6) is 0 Å². The molecule has 19 heavy (non-hydrogen) atoms. The van der Waals surface area contributed by atoms with E-state index in [-0.39, 0.29) is 0 Å². The number of nitrogens with one attached hydrogen (secondary N) is 1. The number of piperazine rings is 1. The molecule has 0 amide bonds. The van der Waals surface area contributed by atoms with Gasteiger partial charge in [-0.05, 0) is 38.1 Å². The number of hydrogen-bond acceptors (Lipinski definition) is 2. The van der Waals surface area contributed by atoms with E-state index in [9.17, 15) is 0 Å². The first-order valence-electron chi connectivity index (χ1n) is 8.64. The molecule has 1 aliphatic heterocycles. The highest BCUT2D eigenvalue weighted by atomic mass is 15.3. The minimum atomic E-state index is 0.490. The highest BCUT2D eigenvalue weighted by Gasteiger charge is 2.40. The van der Waals surface area contributed by atoms with Crippen LogP contribution >= 0.6 is 0 Å². The Hall–Kier alpha value is -0.0800. The molecule has 1 unspecified atom stereocenters. The predicted octanol–water partition coefficient (Wildman–Crippen LogP) is 3.81. The first-order chi connectivity index (χ1) is 9.15. The average Bonchev–Trinajstić information content (AvgIpc) is 2.83. The molecule has 0 aromatic carbocycles. The molecule has 1 spiro atoms. The zero-order valence-electron chi connectivity index (χ0n) is 13.4. The van der Waals surface area contributed by atoms with Gasteiger partial charge in [0.05, 0.1) is 0 Å². The van der Waals surface area contributed by atoms with Crippen molar-refractivity contribution >= 4 is 0 Å². The van der Waals surface area contributed by atoms with Gasteiger partial charge in [0, 0.05) is 24.7 Å². The zero-order chi connectivity index (χ0) is 13.7. The molecule has 112 valence electrons. The third-order valence-electron chi connectivity index (χ3n) is 5.24. The second-order valence-corrected chi connectivity index (χ2v) is 7.29. The van der Waals surface area contributed by atoms with Crippen LogP contribution < -0.4 is 5.32 Å². The van der Waals surface area contributed by atoms with E-state index in [1.165, 1.54) is 71.0 Å². The fourth-order valence-electron chi connectivity index (χ4n) is 3.96. The molecule has 1 N–H and O–H groups in total. The molecular weight excluding hydrogens is 232 g/mol. The molecule has 2 aliphatic rings. The lowest BCUT2D eigenvalue weighted by molar-refractivity contribution is 0.0764. The maximum atomic E-state index is 3.89. The molecule has 2 fully saturated rings. The molecule has 0 aromatic heterocycles. The molecule has 1 saturated heterocycles. The van der Waals surface area contributed by atoms with Crippen LogP contribution in [0.15, 0.2) is 0 Å².